The lowest BCUT2D eigenvalue weighted by molar-refractivity contribution is -0.917. The van der Waals surface area contributed by atoms with Gasteiger partial charge in [0, 0.05) is 0 Å². The molecule has 0 aliphatic carbocycles. The Bertz CT molecular complexity index is 873. The fraction of sp³-hybridized carbons (Fsp3) is 0.188. The number of nitrogens with zero attached hydrogens (tertiary/aromatic N) is 4. The Morgan fingerprint density at radius 1 is 1.12 bits per heavy atom. The zero-order valence-electron chi connectivity index (χ0n) is 13.0. The van der Waals surface area contributed by atoms with Gasteiger partial charge in [-0.2, -0.15) is 4.68 Å². The molecule has 0 aliphatic rings. The lowest BCUT2D eigenvalue weighted by Crippen LogP contribution is -3.07. The Balaban J connectivity index is 1.77. The summed E-state index contributed by atoms with van der Waals surface area (Å²) in [7, 11) is 1.83. The van der Waals surface area contributed by atoms with Gasteiger partial charge in [-0.25, -0.2) is 9.18 Å². The molecule has 1 unspecified atom stereocenters. The van der Waals surface area contributed by atoms with Crippen LogP contribution in [0.15, 0.2) is 53.3 Å². The Labute approximate surface area is 142 Å². The summed E-state index contributed by atoms with van der Waals surface area (Å²) < 4.78 is 16.3. The molecule has 124 valence electrons. The van der Waals surface area contributed by atoms with Gasteiger partial charge in [0.05, 0.1) is 23.3 Å². The number of hydrogen-bond donors (Lipinski definition) is 1. The highest BCUT2D eigenvalue weighted by molar-refractivity contribution is 6.31. The zero-order valence-corrected chi connectivity index (χ0v) is 13.7. The molecule has 0 fully saturated rings. The lowest BCUT2D eigenvalue weighted by atomic mass is 10.2. The fourth-order valence-corrected chi connectivity index (χ4v) is 2.65. The SMILES string of the molecule is C[NH+](Cc1c(F)cccc1Cl)Cn1nnn(-c2ccccc2)c1=O. The van der Waals surface area contributed by atoms with Crippen LogP contribution in [0.3, 0.4) is 0 Å². The van der Waals surface area contributed by atoms with Gasteiger partial charge in [0.25, 0.3) is 0 Å². The third kappa shape index (κ3) is 3.37. The van der Waals surface area contributed by atoms with Gasteiger partial charge in [0.1, 0.15) is 12.4 Å². The number of para-hydroxylation sites is 1. The molecule has 3 rings (SSSR count). The smallest absolute Gasteiger partial charge is 0.315 e. The second-order valence-corrected chi connectivity index (χ2v) is 5.91. The highest BCUT2D eigenvalue weighted by atomic mass is 35.5. The number of benzene rings is 2. The first-order valence-electron chi connectivity index (χ1n) is 7.38. The van der Waals surface area contributed by atoms with Crippen LogP contribution in [0.4, 0.5) is 4.39 Å². The van der Waals surface area contributed by atoms with Crippen LogP contribution in [-0.4, -0.2) is 26.8 Å². The molecule has 1 heterocycles. The minimum atomic E-state index is -0.359. The van der Waals surface area contributed by atoms with Gasteiger partial charge in [-0.05, 0) is 34.7 Å². The number of hydrogen-bond acceptors (Lipinski definition) is 3. The molecule has 1 atom stereocenters. The van der Waals surface area contributed by atoms with E-state index in [1.54, 1.807) is 24.3 Å². The number of rotatable bonds is 5. The largest absolute Gasteiger partial charge is 0.373 e. The average Bonchev–Trinajstić information content (AvgIpc) is 2.93. The van der Waals surface area contributed by atoms with Crippen LogP contribution in [0.25, 0.3) is 5.69 Å². The molecule has 3 aromatic rings. The summed E-state index contributed by atoms with van der Waals surface area (Å²) in [6, 6.07) is 13.6. The molecule has 0 bridgehead atoms. The summed E-state index contributed by atoms with van der Waals surface area (Å²) in [6.07, 6.45) is 0. The summed E-state index contributed by atoms with van der Waals surface area (Å²) in [5.41, 5.74) is 0.712. The lowest BCUT2D eigenvalue weighted by Gasteiger charge is -2.14. The van der Waals surface area contributed by atoms with Crippen molar-refractivity contribution in [3.05, 3.63) is 75.4 Å². The third-order valence-corrected chi connectivity index (χ3v) is 3.95. The molecule has 8 heteroatoms. The maximum absolute atomic E-state index is 13.9. The van der Waals surface area contributed by atoms with E-state index in [1.807, 2.05) is 25.2 Å². The van der Waals surface area contributed by atoms with Crippen molar-refractivity contribution in [1.29, 1.82) is 0 Å². The van der Waals surface area contributed by atoms with Gasteiger partial charge >= 0.3 is 5.69 Å². The maximum atomic E-state index is 13.9. The van der Waals surface area contributed by atoms with Crippen molar-refractivity contribution in [2.45, 2.75) is 13.2 Å². The number of aromatic nitrogens is 4. The standard InChI is InChI=1S/C16H15ClFN5O/c1-21(10-13-14(17)8-5-9-15(13)18)11-22-16(24)23(20-19-22)12-6-3-2-4-7-12/h2-9H,10-11H2,1H3/p+1. The van der Waals surface area contributed by atoms with Crippen molar-refractivity contribution in [1.82, 2.24) is 19.8 Å². The van der Waals surface area contributed by atoms with Gasteiger partial charge in [-0.3, -0.25) is 0 Å². The molecule has 0 amide bonds. The number of nitrogens with one attached hydrogen (secondary N) is 1. The summed E-state index contributed by atoms with van der Waals surface area (Å²) >= 11 is 6.04. The topological polar surface area (TPSA) is 57.2 Å². The minimum absolute atomic E-state index is 0.246. The zero-order chi connectivity index (χ0) is 17.1. The molecule has 2 aromatic carbocycles. The minimum Gasteiger partial charge on any atom is -0.315 e. The van der Waals surface area contributed by atoms with Crippen LogP contribution in [0.2, 0.25) is 5.02 Å². The molecule has 0 saturated carbocycles. The van der Waals surface area contributed by atoms with E-state index in [9.17, 15) is 9.18 Å². The first kappa shape index (κ1) is 16.4. The second kappa shape index (κ2) is 6.94. The molecule has 1 N–H and O–H groups in total. The molecule has 6 nitrogen and oxygen atoms in total. The maximum Gasteiger partial charge on any atom is 0.373 e. The molecule has 0 aliphatic heterocycles. The Morgan fingerprint density at radius 3 is 2.58 bits per heavy atom. The second-order valence-electron chi connectivity index (χ2n) is 5.50. The summed E-state index contributed by atoms with van der Waals surface area (Å²) in [5, 5.41) is 8.14. The number of halogens is 2. The third-order valence-electron chi connectivity index (χ3n) is 3.60. The van der Waals surface area contributed by atoms with E-state index in [-0.39, 0.29) is 18.2 Å². The van der Waals surface area contributed by atoms with E-state index in [1.165, 1.54) is 15.4 Å². The van der Waals surface area contributed by atoms with E-state index >= 15 is 0 Å². The normalized spacial score (nSPS) is 12.3. The fourth-order valence-electron chi connectivity index (χ4n) is 2.42. The molecule has 1 aromatic heterocycles. The van der Waals surface area contributed by atoms with E-state index < -0.39 is 0 Å². The van der Waals surface area contributed by atoms with E-state index in [2.05, 4.69) is 10.4 Å². The van der Waals surface area contributed by atoms with Crippen molar-refractivity contribution in [3.8, 4) is 5.69 Å². The van der Waals surface area contributed by atoms with Crippen LogP contribution in [0, 0.1) is 5.82 Å². The molecule has 0 saturated heterocycles. The molecule has 0 radical (unpaired) electrons. The molecular formula is C16H16ClFN5O+. The van der Waals surface area contributed by atoms with Crippen LogP contribution in [0.1, 0.15) is 5.56 Å². The van der Waals surface area contributed by atoms with Crippen molar-refractivity contribution < 1.29 is 9.29 Å². The highest BCUT2D eigenvalue weighted by Gasteiger charge is 2.16. The molecule has 24 heavy (non-hydrogen) atoms. The van der Waals surface area contributed by atoms with Gasteiger partial charge in [0.2, 0.25) is 0 Å². The van der Waals surface area contributed by atoms with E-state index in [0.717, 1.165) is 4.90 Å². The van der Waals surface area contributed by atoms with Crippen LogP contribution < -0.4 is 10.6 Å². The van der Waals surface area contributed by atoms with Crippen LogP contribution in [0.5, 0.6) is 0 Å². The van der Waals surface area contributed by atoms with Crippen LogP contribution in [-0.2, 0) is 13.2 Å². The Hall–Kier alpha value is -2.51. The van der Waals surface area contributed by atoms with E-state index in [0.29, 0.717) is 22.8 Å². The number of quaternary nitrogens is 1. The summed E-state index contributed by atoms with van der Waals surface area (Å²) in [6.45, 7) is 0.576. The predicted octanol–water partition coefficient (Wildman–Crippen LogP) is 0.894. The predicted molar refractivity (Wildman–Crippen MR) is 87.6 cm³/mol. The molecular weight excluding hydrogens is 333 g/mol. The summed E-state index contributed by atoms with van der Waals surface area (Å²) in [4.78, 5) is 13.2. The van der Waals surface area contributed by atoms with Gasteiger partial charge in [-0.1, -0.05) is 35.9 Å². The van der Waals surface area contributed by atoms with Crippen molar-refractivity contribution in [3.63, 3.8) is 0 Å². The van der Waals surface area contributed by atoms with Crippen molar-refractivity contribution >= 4 is 11.6 Å². The van der Waals surface area contributed by atoms with Crippen LogP contribution >= 0.6 is 11.6 Å². The average molecular weight is 349 g/mol. The number of tetrazole rings is 1. The quantitative estimate of drug-likeness (QED) is 0.745. The van der Waals surface area contributed by atoms with Crippen molar-refractivity contribution in [2.75, 3.05) is 7.05 Å². The van der Waals surface area contributed by atoms with E-state index in [4.69, 9.17) is 11.6 Å². The first-order chi connectivity index (χ1) is 11.6. The highest BCUT2D eigenvalue weighted by Crippen LogP contribution is 2.17. The Kier molecular flexibility index (Phi) is 4.73. The molecule has 0 spiro atoms. The van der Waals surface area contributed by atoms with Gasteiger partial charge in [0.15, 0.2) is 6.67 Å². The monoisotopic (exact) mass is 348 g/mol. The van der Waals surface area contributed by atoms with Gasteiger partial charge in [-0.15, -0.1) is 4.68 Å². The first-order valence-corrected chi connectivity index (χ1v) is 7.76. The Morgan fingerprint density at radius 2 is 1.88 bits per heavy atom. The van der Waals surface area contributed by atoms with Crippen molar-refractivity contribution in [2.24, 2.45) is 0 Å². The summed E-state index contributed by atoms with van der Waals surface area (Å²) in [5.74, 6) is -0.359. The van der Waals surface area contributed by atoms with Gasteiger partial charge < -0.3 is 4.90 Å².